The van der Waals surface area contributed by atoms with Crippen LogP contribution < -0.4 is 10.0 Å². The van der Waals surface area contributed by atoms with Gasteiger partial charge in [-0.15, -0.1) is 0 Å². The van der Waals surface area contributed by atoms with E-state index in [4.69, 9.17) is 0 Å². The Morgan fingerprint density at radius 3 is 2.23 bits per heavy atom. The largest absolute Gasteiger partial charge is 0.325 e. The van der Waals surface area contributed by atoms with Crippen LogP contribution in [-0.2, 0) is 21.2 Å². The molecule has 0 aromatic heterocycles. The second kappa shape index (κ2) is 9.19. The van der Waals surface area contributed by atoms with Crippen molar-refractivity contribution in [1.29, 1.82) is 0 Å². The fourth-order valence-electron chi connectivity index (χ4n) is 2.96. The van der Waals surface area contributed by atoms with Crippen molar-refractivity contribution in [2.75, 3.05) is 5.32 Å². The Hall–Kier alpha value is -3.03. The predicted octanol–water partition coefficient (Wildman–Crippen LogP) is 3.97. The monoisotopic (exact) mass is 426 g/mol. The molecule has 0 spiro atoms. The van der Waals surface area contributed by atoms with Crippen molar-refractivity contribution >= 4 is 21.6 Å². The maximum atomic E-state index is 13.2. The molecular formula is C23H23FN2O3S. The number of hydrogen-bond acceptors (Lipinski definition) is 3. The van der Waals surface area contributed by atoms with E-state index in [9.17, 15) is 17.6 Å². The molecule has 0 saturated carbocycles. The van der Waals surface area contributed by atoms with Gasteiger partial charge in [0.2, 0.25) is 15.9 Å². The Kier molecular flexibility index (Phi) is 6.64. The van der Waals surface area contributed by atoms with E-state index in [2.05, 4.69) is 10.0 Å². The normalized spacial score (nSPS) is 12.4. The van der Waals surface area contributed by atoms with Gasteiger partial charge >= 0.3 is 0 Å². The Labute approximate surface area is 176 Å². The summed E-state index contributed by atoms with van der Waals surface area (Å²) >= 11 is 0. The molecule has 3 rings (SSSR count). The number of anilines is 1. The van der Waals surface area contributed by atoms with Crippen LogP contribution in [-0.4, -0.2) is 20.4 Å². The number of amides is 1. The van der Waals surface area contributed by atoms with Crippen LogP contribution in [0, 0.1) is 19.7 Å². The van der Waals surface area contributed by atoms with Crippen molar-refractivity contribution in [3.05, 3.63) is 95.3 Å². The molecule has 0 fully saturated rings. The highest BCUT2D eigenvalue weighted by Gasteiger charge is 2.26. The topological polar surface area (TPSA) is 75.3 Å². The number of carbonyl (C=O) groups is 1. The maximum Gasteiger partial charge on any atom is 0.242 e. The van der Waals surface area contributed by atoms with Gasteiger partial charge in [0, 0.05) is 5.69 Å². The van der Waals surface area contributed by atoms with Gasteiger partial charge in [-0.25, -0.2) is 12.8 Å². The summed E-state index contributed by atoms with van der Waals surface area (Å²) in [5, 5.41) is 2.79. The molecule has 5 nitrogen and oxygen atoms in total. The molecule has 0 saturated heterocycles. The van der Waals surface area contributed by atoms with Crippen molar-refractivity contribution in [2.24, 2.45) is 0 Å². The Bertz CT molecular complexity index is 1130. The van der Waals surface area contributed by atoms with Gasteiger partial charge < -0.3 is 5.32 Å². The third-order valence-corrected chi connectivity index (χ3v) is 6.28. The molecule has 3 aromatic carbocycles. The summed E-state index contributed by atoms with van der Waals surface area (Å²) in [4.78, 5) is 12.9. The molecule has 0 heterocycles. The van der Waals surface area contributed by atoms with E-state index in [-0.39, 0.29) is 11.3 Å². The van der Waals surface area contributed by atoms with Gasteiger partial charge in [-0.1, -0.05) is 36.4 Å². The van der Waals surface area contributed by atoms with Crippen molar-refractivity contribution < 1.29 is 17.6 Å². The average molecular weight is 427 g/mol. The fraction of sp³-hybridized carbons (Fsp3) is 0.174. The van der Waals surface area contributed by atoms with Gasteiger partial charge in [-0.2, -0.15) is 4.72 Å². The van der Waals surface area contributed by atoms with E-state index >= 15 is 0 Å². The van der Waals surface area contributed by atoms with Crippen molar-refractivity contribution in [3.63, 3.8) is 0 Å². The van der Waals surface area contributed by atoms with E-state index in [0.717, 1.165) is 28.8 Å². The number of aryl methyl sites for hydroxylation is 2. The molecule has 0 radical (unpaired) electrons. The number of halogens is 1. The number of sulfonamides is 1. The molecule has 1 amide bonds. The molecular weight excluding hydrogens is 403 g/mol. The second-order valence-electron chi connectivity index (χ2n) is 7.11. The SMILES string of the molecule is Cc1ccc(NC(=O)[C@H](Cc2ccccc2)NS(=O)(=O)c2ccc(F)cc2)cc1C. The van der Waals surface area contributed by atoms with Gasteiger partial charge in [0.1, 0.15) is 11.9 Å². The molecule has 156 valence electrons. The summed E-state index contributed by atoms with van der Waals surface area (Å²) in [5.74, 6) is -1.02. The van der Waals surface area contributed by atoms with Crippen LogP contribution >= 0.6 is 0 Å². The van der Waals surface area contributed by atoms with Crippen LogP contribution in [0.15, 0.2) is 77.7 Å². The van der Waals surface area contributed by atoms with E-state index in [1.54, 1.807) is 6.07 Å². The molecule has 1 atom stereocenters. The minimum Gasteiger partial charge on any atom is -0.325 e. The van der Waals surface area contributed by atoms with Crippen molar-refractivity contribution in [3.8, 4) is 0 Å². The first-order valence-electron chi connectivity index (χ1n) is 9.44. The number of nitrogens with one attached hydrogen (secondary N) is 2. The minimum absolute atomic E-state index is 0.110. The summed E-state index contributed by atoms with van der Waals surface area (Å²) in [6, 6.07) is 18.0. The standard InChI is InChI=1S/C23H23FN2O3S/c1-16-8-11-20(14-17(16)2)25-23(27)22(15-18-6-4-3-5-7-18)26-30(28,29)21-12-9-19(24)10-13-21/h3-14,22,26H,15H2,1-2H3,(H,25,27)/t22-/m0/s1. The lowest BCUT2D eigenvalue weighted by Crippen LogP contribution is -2.45. The number of benzene rings is 3. The zero-order valence-corrected chi connectivity index (χ0v) is 17.5. The van der Waals surface area contributed by atoms with E-state index in [1.165, 1.54) is 12.1 Å². The minimum atomic E-state index is -4.03. The number of rotatable bonds is 7. The highest BCUT2D eigenvalue weighted by atomic mass is 32.2. The van der Waals surface area contributed by atoms with Crippen LogP contribution in [0.1, 0.15) is 16.7 Å². The predicted molar refractivity (Wildman–Crippen MR) is 115 cm³/mol. The lowest BCUT2D eigenvalue weighted by molar-refractivity contribution is -0.117. The van der Waals surface area contributed by atoms with E-state index < -0.39 is 27.8 Å². The summed E-state index contributed by atoms with van der Waals surface area (Å²) in [5.41, 5.74) is 3.49. The number of carbonyl (C=O) groups excluding carboxylic acids is 1. The van der Waals surface area contributed by atoms with E-state index in [1.807, 2.05) is 56.3 Å². The van der Waals surface area contributed by atoms with Gasteiger partial charge in [0.15, 0.2) is 0 Å². The quantitative estimate of drug-likeness (QED) is 0.600. The van der Waals surface area contributed by atoms with E-state index in [0.29, 0.717) is 5.69 Å². The highest BCUT2D eigenvalue weighted by Crippen LogP contribution is 2.16. The molecule has 0 aliphatic rings. The zero-order chi connectivity index (χ0) is 21.7. The van der Waals surface area contributed by atoms with Gasteiger partial charge in [0.25, 0.3) is 0 Å². The first kappa shape index (κ1) is 21.7. The van der Waals surface area contributed by atoms with Crippen molar-refractivity contribution in [1.82, 2.24) is 4.72 Å². The molecule has 30 heavy (non-hydrogen) atoms. The summed E-state index contributed by atoms with van der Waals surface area (Å²) in [6.07, 6.45) is 0.165. The lowest BCUT2D eigenvalue weighted by Gasteiger charge is -2.19. The molecule has 3 aromatic rings. The van der Waals surface area contributed by atoms with Gasteiger partial charge in [0.05, 0.1) is 4.90 Å². The lowest BCUT2D eigenvalue weighted by atomic mass is 10.1. The van der Waals surface area contributed by atoms with Crippen LogP contribution in [0.3, 0.4) is 0 Å². The van der Waals surface area contributed by atoms with Crippen LogP contribution in [0.25, 0.3) is 0 Å². The third kappa shape index (κ3) is 5.52. The number of hydrogen-bond donors (Lipinski definition) is 2. The Balaban J connectivity index is 1.86. The van der Waals surface area contributed by atoms with Crippen LogP contribution in [0.2, 0.25) is 0 Å². The fourth-order valence-corrected chi connectivity index (χ4v) is 4.15. The molecule has 0 bridgehead atoms. The molecule has 0 aliphatic carbocycles. The third-order valence-electron chi connectivity index (χ3n) is 4.79. The first-order valence-corrected chi connectivity index (χ1v) is 10.9. The van der Waals surface area contributed by atoms with Crippen LogP contribution in [0.5, 0.6) is 0 Å². The smallest absolute Gasteiger partial charge is 0.242 e. The molecule has 0 aliphatic heterocycles. The Morgan fingerprint density at radius 2 is 1.60 bits per heavy atom. The molecule has 2 N–H and O–H groups in total. The summed E-state index contributed by atoms with van der Waals surface area (Å²) in [6.45, 7) is 3.90. The van der Waals surface area contributed by atoms with Crippen molar-refractivity contribution in [2.45, 2.75) is 31.2 Å². The maximum absolute atomic E-state index is 13.2. The summed E-state index contributed by atoms with van der Waals surface area (Å²) < 4.78 is 41.2. The molecule has 7 heteroatoms. The zero-order valence-electron chi connectivity index (χ0n) is 16.7. The van der Waals surface area contributed by atoms with Gasteiger partial charge in [-0.3, -0.25) is 4.79 Å². The Morgan fingerprint density at radius 1 is 0.933 bits per heavy atom. The van der Waals surface area contributed by atoms with Crippen LogP contribution in [0.4, 0.5) is 10.1 Å². The first-order chi connectivity index (χ1) is 14.2. The second-order valence-corrected chi connectivity index (χ2v) is 8.82. The average Bonchev–Trinajstić information content (AvgIpc) is 2.71. The van der Waals surface area contributed by atoms with Gasteiger partial charge in [-0.05, 0) is 73.4 Å². The summed E-state index contributed by atoms with van der Waals surface area (Å²) in [7, 11) is -4.03. The molecule has 0 unspecified atom stereocenters. The highest BCUT2D eigenvalue weighted by molar-refractivity contribution is 7.89.